The van der Waals surface area contributed by atoms with Crippen LogP contribution in [0.2, 0.25) is 0 Å². The summed E-state index contributed by atoms with van der Waals surface area (Å²) in [7, 11) is 1.59. The molecule has 1 atom stereocenters. The van der Waals surface area contributed by atoms with E-state index in [1.165, 1.54) is 0 Å². The lowest BCUT2D eigenvalue weighted by molar-refractivity contribution is -0.128. The van der Waals surface area contributed by atoms with Crippen LogP contribution in [0.15, 0.2) is 30.3 Å². The fourth-order valence-electron chi connectivity index (χ4n) is 4.33. The Bertz CT molecular complexity index is 1110. The number of hydrogen-bond acceptors (Lipinski definition) is 7. The van der Waals surface area contributed by atoms with Crippen LogP contribution in [-0.4, -0.2) is 82.9 Å². The maximum atomic E-state index is 13.1. The third-order valence-electron chi connectivity index (χ3n) is 6.51. The van der Waals surface area contributed by atoms with Gasteiger partial charge in [-0.2, -0.15) is 5.10 Å². The highest BCUT2D eigenvalue weighted by Crippen LogP contribution is 2.26. The maximum absolute atomic E-state index is 13.1. The molecule has 1 fully saturated rings. The molecular weight excluding hydrogens is 486 g/mol. The molecule has 1 aromatic heterocycles. The van der Waals surface area contributed by atoms with Gasteiger partial charge < -0.3 is 24.6 Å². The van der Waals surface area contributed by atoms with E-state index in [0.29, 0.717) is 17.9 Å². The average Bonchev–Trinajstić information content (AvgIpc) is 3.12. The second kappa shape index (κ2) is 12.9. The van der Waals surface area contributed by atoms with Gasteiger partial charge in [-0.15, -0.1) is 4.68 Å². The zero-order chi connectivity index (χ0) is 27.9. The first kappa shape index (κ1) is 29.2. The summed E-state index contributed by atoms with van der Waals surface area (Å²) in [5.41, 5.74) is 0.590. The van der Waals surface area contributed by atoms with Gasteiger partial charge in [-0.05, 0) is 77.4 Å². The molecule has 1 saturated heterocycles. The number of rotatable bonds is 8. The van der Waals surface area contributed by atoms with Crippen LogP contribution in [0, 0.1) is 5.92 Å². The Morgan fingerprint density at radius 3 is 2.42 bits per heavy atom. The van der Waals surface area contributed by atoms with Crippen LogP contribution in [0.1, 0.15) is 53.9 Å². The second-order valence-corrected chi connectivity index (χ2v) is 10.8. The fourth-order valence-corrected chi connectivity index (χ4v) is 4.33. The zero-order valence-electron chi connectivity index (χ0n) is 23.5. The molecule has 0 spiro atoms. The number of nitrogens with zero attached hydrogens (tertiary/aromatic N) is 4. The molecule has 0 saturated carbocycles. The molecule has 0 radical (unpaired) electrons. The maximum Gasteiger partial charge on any atom is 0.437 e. The van der Waals surface area contributed by atoms with Gasteiger partial charge in [0.1, 0.15) is 17.2 Å². The van der Waals surface area contributed by atoms with Crippen molar-refractivity contribution in [3.8, 4) is 17.0 Å². The van der Waals surface area contributed by atoms with Crippen LogP contribution in [0.25, 0.3) is 11.3 Å². The van der Waals surface area contributed by atoms with Gasteiger partial charge in [0.05, 0.1) is 12.8 Å². The van der Waals surface area contributed by atoms with E-state index >= 15 is 0 Å². The Hall–Kier alpha value is -3.40. The van der Waals surface area contributed by atoms with Crippen LogP contribution < -0.4 is 10.1 Å². The molecule has 208 valence electrons. The topological polar surface area (TPSA) is 106 Å². The molecular formula is C28H41N5O5. The van der Waals surface area contributed by atoms with Gasteiger partial charge >= 0.3 is 6.09 Å². The van der Waals surface area contributed by atoms with Crippen molar-refractivity contribution < 1.29 is 23.9 Å². The van der Waals surface area contributed by atoms with Gasteiger partial charge in [-0.1, -0.05) is 6.92 Å². The zero-order valence-corrected chi connectivity index (χ0v) is 23.5. The molecule has 1 aromatic carbocycles. The van der Waals surface area contributed by atoms with Gasteiger partial charge in [0.25, 0.3) is 0 Å². The largest absolute Gasteiger partial charge is 0.497 e. The van der Waals surface area contributed by atoms with Gasteiger partial charge in [0.15, 0.2) is 0 Å². The molecule has 10 heteroatoms. The van der Waals surface area contributed by atoms with Crippen molar-refractivity contribution in [3.63, 3.8) is 0 Å². The number of ether oxygens (including phenoxy) is 2. The molecule has 3 rings (SSSR count). The average molecular weight is 528 g/mol. The summed E-state index contributed by atoms with van der Waals surface area (Å²) in [5.74, 6) is 0.646. The van der Waals surface area contributed by atoms with Crippen molar-refractivity contribution in [1.82, 2.24) is 19.6 Å². The van der Waals surface area contributed by atoms with E-state index in [9.17, 15) is 14.4 Å². The summed E-state index contributed by atoms with van der Waals surface area (Å²) >= 11 is 0. The van der Waals surface area contributed by atoms with Crippen molar-refractivity contribution >= 4 is 23.7 Å². The molecule has 1 aliphatic heterocycles. The van der Waals surface area contributed by atoms with Crippen LogP contribution >= 0.6 is 0 Å². The minimum absolute atomic E-state index is 0.123. The number of anilines is 1. The first-order chi connectivity index (χ1) is 18.0. The Kier molecular flexibility index (Phi) is 9.90. The highest BCUT2D eigenvalue weighted by atomic mass is 16.6. The lowest BCUT2D eigenvalue weighted by Crippen LogP contribution is -2.34. The van der Waals surface area contributed by atoms with E-state index in [0.717, 1.165) is 55.8 Å². The molecule has 0 bridgehead atoms. The number of carbonyl (C=O) groups excluding carboxylic acids is 3. The van der Waals surface area contributed by atoms with E-state index in [2.05, 4.69) is 15.3 Å². The third kappa shape index (κ3) is 8.31. The second-order valence-electron chi connectivity index (χ2n) is 10.8. The summed E-state index contributed by atoms with van der Waals surface area (Å²) in [6, 6.07) is 8.98. The number of aromatic nitrogens is 2. The predicted molar refractivity (Wildman–Crippen MR) is 146 cm³/mol. The van der Waals surface area contributed by atoms with Crippen molar-refractivity contribution in [2.45, 2.75) is 59.5 Å². The first-order valence-corrected chi connectivity index (χ1v) is 13.2. The third-order valence-corrected chi connectivity index (χ3v) is 6.51. The summed E-state index contributed by atoms with van der Waals surface area (Å²) < 4.78 is 11.8. The molecule has 10 nitrogen and oxygen atoms in total. The predicted octanol–water partition coefficient (Wildman–Crippen LogP) is 4.25. The molecule has 1 aliphatic rings. The standard InChI is InChI=1S/C28H41N5O5/c1-20(9-7-14-31-15-8-16-32(18-17-31)21(2)34)26(35)29-25-19-24(22-10-12-23(37-6)13-11-22)30-33(25)27(36)38-28(3,4)5/h10-13,19-20H,7-9,14-18H2,1-6H3,(H,29,35). The van der Waals surface area contributed by atoms with E-state index in [1.807, 2.05) is 36.1 Å². The van der Waals surface area contributed by atoms with Crippen molar-refractivity contribution in [3.05, 3.63) is 30.3 Å². The number of amides is 2. The highest BCUT2D eigenvalue weighted by Gasteiger charge is 2.25. The van der Waals surface area contributed by atoms with Gasteiger partial charge in [0, 0.05) is 44.1 Å². The number of carbonyl (C=O) groups is 3. The van der Waals surface area contributed by atoms with Crippen LogP contribution in [0.5, 0.6) is 5.75 Å². The number of hydrogen-bond donors (Lipinski definition) is 1. The Labute approximate surface area is 225 Å². The van der Waals surface area contributed by atoms with Crippen LogP contribution in [0.3, 0.4) is 0 Å². The summed E-state index contributed by atoms with van der Waals surface area (Å²) in [6.07, 6.45) is 1.85. The van der Waals surface area contributed by atoms with Gasteiger partial charge in [-0.3, -0.25) is 9.59 Å². The lowest BCUT2D eigenvalue weighted by atomic mass is 10.0. The SMILES string of the molecule is COc1ccc(-c2cc(NC(=O)C(C)CCCN3CCCN(C(C)=O)CC3)n(C(=O)OC(C)(C)C)n2)cc1. The number of nitrogens with one attached hydrogen (secondary N) is 1. The Morgan fingerprint density at radius 2 is 1.79 bits per heavy atom. The molecule has 2 heterocycles. The summed E-state index contributed by atoms with van der Waals surface area (Å²) in [5, 5.41) is 7.32. The minimum Gasteiger partial charge on any atom is -0.497 e. The monoisotopic (exact) mass is 527 g/mol. The molecule has 38 heavy (non-hydrogen) atoms. The van der Waals surface area contributed by atoms with Crippen molar-refractivity contribution in [2.75, 3.05) is 45.2 Å². The highest BCUT2D eigenvalue weighted by molar-refractivity contribution is 5.94. The van der Waals surface area contributed by atoms with Crippen LogP contribution in [-0.2, 0) is 14.3 Å². The first-order valence-electron chi connectivity index (χ1n) is 13.2. The van der Waals surface area contributed by atoms with E-state index in [-0.39, 0.29) is 23.6 Å². The number of methoxy groups -OCH3 is 1. The van der Waals surface area contributed by atoms with Gasteiger partial charge in [0.2, 0.25) is 11.8 Å². The number of benzene rings is 1. The van der Waals surface area contributed by atoms with E-state index < -0.39 is 11.7 Å². The molecule has 2 amide bonds. The fraction of sp³-hybridized carbons (Fsp3) is 0.571. The molecule has 1 N–H and O–H groups in total. The quantitative estimate of drug-likeness (QED) is 0.547. The molecule has 0 aliphatic carbocycles. The van der Waals surface area contributed by atoms with E-state index in [1.54, 1.807) is 40.9 Å². The summed E-state index contributed by atoms with van der Waals surface area (Å²) in [4.78, 5) is 41.9. The summed E-state index contributed by atoms with van der Waals surface area (Å²) in [6.45, 7) is 13.1. The molecule has 2 aromatic rings. The Balaban J connectivity index is 1.64. The lowest BCUT2D eigenvalue weighted by Gasteiger charge is -2.22. The molecule has 1 unspecified atom stereocenters. The van der Waals surface area contributed by atoms with Crippen molar-refractivity contribution in [2.24, 2.45) is 5.92 Å². The van der Waals surface area contributed by atoms with Crippen molar-refractivity contribution in [1.29, 1.82) is 0 Å². The minimum atomic E-state index is -0.716. The van der Waals surface area contributed by atoms with E-state index in [4.69, 9.17) is 9.47 Å². The van der Waals surface area contributed by atoms with Crippen LogP contribution in [0.4, 0.5) is 10.6 Å². The smallest absolute Gasteiger partial charge is 0.437 e. The normalized spacial score (nSPS) is 15.5. The van der Waals surface area contributed by atoms with Gasteiger partial charge in [-0.25, -0.2) is 4.79 Å². The Morgan fingerprint density at radius 1 is 1.08 bits per heavy atom.